The van der Waals surface area contributed by atoms with Gasteiger partial charge in [-0.1, -0.05) is 80.8 Å². The van der Waals surface area contributed by atoms with E-state index < -0.39 is 0 Å². The Bertz CT molecular complexity index is 1880. The van der Waals surface area contributed by atoms with E-state index in [0.29, 0.717) is 44.4 Å². The molecule has 0 saturated heterocycles. The Morgan fingerprint density at radius 2 is 1.50 bits per heavy atom. The van der Waals surface area contributed by atoms with E-state index in [1.165, 1.54) is 35.1 Å². The summed E-state index contributed by atoms with van der Waals surface area (Å²) in [6.45, 7) is 2.22. The zero-order valence-electron chi connectivity index (χ0n) is 23.8. The average Bonchev–Trinajstić information content (AvgIpc) is 3.02. The molecular weight excluding hydrogens is 540 g/mol. The van der Waals surface area contributed by atoms with Crippen LogP contribution in [0.4, 0.5) is 11.4 Å². The number of nitrogens with zero attached hydrogens (tertiary/aromatic N) is 1. The number of carbonyl (C=O) groups is 2. The third kappa shape index (κ3) is 4.96. The second-order valence-electron chi connectivity index (χ2n) is 10.6. The predicted octanol–water partition coefficient (Wildman–Crippen LogP) is 8.40. The molecule has 0 atom stereocenters. The molecule has 0 spiro atoms. The molecule has 210 valence electrons. The number of aromatic nitrogens is 1. The average molecular weight is 573 g/mol. The zero-order chi connectivity index (χ0) is 29.2. The number of thioether (sulfide) groups is 1. The fourth-order valence-corrected chi connectivity index (χ4v) is 6.64. The largest absolute Gasteiger partial charge is 0.355 e. The van der Waals surface area contributed by atoms with Gasteiger partial charge in [-0.15, -0.1) is 11.8 Å². The number of benzene rings is 4. The number of pyridine rings is 1. The van der Waals surface area contributed by atoms with E-state index in [2.05, 4.69) is 24.4 Å². The minimum absolute atomic E-state index is 0.0786. The van der Waals surface area contributed by atoms with Gasteiger partial charge >= 0.3 is 0 Å². The molecule has 0 radical (unpaired) electrons. The minimum atomic E-state index is -0.384. The number of hydrogen-bond acceptors (Lipinski definition) is 5. The molecule has 0 aliphatic heterocycles. The lowest BCUT2D eigenvalue weighted by atomic mass is 9.80. The molecule has 1 aromatic heterocycles. The van der Waals surface area contributed by atoms with E-state index in [-0.39, 0.29) is 22.7 Å². The Morgan fingerprint density at radius 3 is 2.24 bits per heavy atom. The fraction of sp³-hybridized carbons (Fsp3) is 0.194. The number of rotatable bonds is 10. The second kappa shape index (κ2) is 11.8. The first-order valence-corrected chi connectivity index (χ1v) is 15.4. The van der Waals surface area contributed by atoms with Crippen LogP contribution in [0.25, 0.3) is 22.0 Å². The van der Waals surface area contributed by atoms with Crippen LogP contribution in [-0.4, -0.2) is 21.9 Å². The van der Waals surface area contributed by atoms with Gasteiger partial charge in [-0.05, 0) is 54.1 Å². The number of ketones is 2. The number of fused-ring (bicyclic) bond motifs is 2. The smallest absolute Gasteiger partial charge is 0.262 e. The van der Waals surface area contributed by atoms with E-state index in [9.17, 15) is 14.4 Å². The number of hydrogen-bond donors (Lipinski definition) is 1. The molecule has 1 aliphatic carbocycles. The third-order valence-corrected chi connectivity index (χ3v) is 8.99. The summed E-state index contributed by atoms with van der Waals surface area (Å²) in [6.07, 6.45) is 4.98. The van der Waals surface area contributed by atoms with Crippen molar-refractivity contribution in [1.29, 1.82) is 0 Å². The molecule has 0 saturated carbocycles. The molecule has 1 heterocycles. The lowest BCUT2D eigenvalue weighted by Gasteiger charge is -2.25. The van der Waals surface area contributed by atoms with Crippen molar-refractivity contribution >= 4 is 45.6 Å². The highest BCUT2D eigenvalue weighted by Crippen LogP contribution is 2.44. The van der Waals surface area contributed by atoms with Gasteiger partial charge in [0.1, 0.15) is 0 Å². The van der Waals surface area contributed by atoms with Crippen LogP contribution in [0.5, 0.6) is 0 Å². The Morgan fingerprint density at radius 1 is 0.786 bits per heavy atom. The van der Waals surface area contributed by atoms with Crippen molar-refractivity contribution in [3.8, 4) is 11.1 Å². The van der Waals surface area contributed by atoms with Crippen LogP contribution in [0.2, 0.25) is 0 Å². The zero-order valence-corrected chi connectivity index (χ0v) is 24.6. The summed E-state index contributed by atoms with van der Waals surface area (Å²) >= 11 is 1.86. The quantitative estimate of drug-likeness (QED) is 0.101. The Hall–Kier alpha value is -4.42. The van der Waals surface area contributed by atoms with Crippen LogP contribution in [0, 0.1) is 0 Å². The van der Waals surface area contributed by atoms with Gasteiger partial charge in [0, 0.05) is 39.7 Å². The van der Waals surface area contributed by atoms with Gasteiger partial charge < -0.3 is 9.88 Å². The Labute approximate surface area is 249 Å². The second-order valence-corrected chi connectivity index (χ2v) is 11.8. The first kappa shape index (κ1) is 27.7. The van der Waals surface area contributed by atoms with E-state index in [4.69, 9.17) is 0 Å². The minimum Gasteiger partial charge on any atom is -0.355 e. The monoisotopic (exact) mass is 572 g/mol. The van der Waals surface area contributed by atoms with Gasteiger partial charge in [0.2, 0.25) is 0 Å². The van der Waals surface area contributed by atoms with Crippen LogP contribution >= 0.6 is 11.8 Å². The van der Waals surface area contributed by atoms with Crippen molar-refractivity contribution in [3.63, 3.8) is 0 Å². The van der Waals surface area contributed by atoms with E-state index in [1.54, 1.807) is 37.4 Å². The van der Waals surface area contributed by atoms with E-state index in [1.807, 2.05) is 60.3 Å². The number of anilines is 2. The molecule has 1 aliphatic rings. The SMILES string of the molecule is CCCCCCSc1ccc(Nc2ccc3c4c2C(=O)c2ccccc2-c4c(C(=O)c2ccccc2)c(=O)n3C)cc1. The topological polar surface area (TPSA) is 68.2 Å². The van der Waals surface area contributed by atoms with Gasteiger partial charge in [0.05, 0.1) is 22.3 Å². The summed E-state index contributed by atoms with van der Waals surface area (Å²) < 4.78 is 1.48. The highest BCUT2D eigenvalue weighted by Gasteiger charge is 2.33. The van der Waals surface area contributed by atoms with Crippen LogP contribution in [0.3, 0.4) is 0 Å². The van der Waals surface area contributed by atoms with Gasteiger partial charge in [-0.3, -0.25) is 14.4 Å². The van der Waals surface area contributed by atoms with Crippen molar-refractivity contribution in [3.05, 3.63) is 124 Å². The van der Waals surface area contributed by atoms with E-state index >= 15 is 0 Å². The lowest BCUT2D eigenvalue weighted by molar-refractivity contribution is 0.102. The normalized spacial score (nSPS) is 11.9. The fourth-order valence-electron chi connectivity index (χ4n) is 5.73. The van der Waals surface area contributed by atoms with Gasteiger partial charge in [-0.2, -0.15) is 0 Å². The van der Waals surface area contributed by atoms with Crippen molar-refractivity contribution in [2.24, 2.45) is 7.05 Å². The van der Waals surface area contributed by atoms with Crippen LogP contribution in [0.1, 0.15) is 64.4 Å². The van der Waals surface area contributed by atoms with Gasteiger partial charge in [0.25, 0.3) is 5.56 Å². The van der Waals surface area contributed by atoms with Crippen molar-refractivity contribution in [2.45, 2.75) is 37.5 Å². The molecule has 6 rings (SSSR count). The number of unbranched alkanes of at least 4 members (excludes halogenated alkanes) is 3. The summed E-state index contributed by atoms with van der Waals surface area (Å²) in [5, 5.41) is 4.08. The summed E-state index contributed by atoms with van der Waals surface area (Å²) in [5.74, 6) is 0.604. The molecule has 5 aromatic rings. The van der Waals surface area contributed by atoms with Crippen molar-refractivity contribution in [1.82, 2.24) is 4.57 Å². The molecule has 0 bridgehead atoms. The highest BCUT2D eigenvalue weighted by atomic mass is 32.2. The molecule has 0 unspecified atom stereocenters. The molecule has 5 nitrogen and oxygen atoms in total. The number of nitrogens with one attached hydrogen (secondary N) is 1. The van der Waals surface area contributed by atoms with Crippen LogP contribution in [0.15, 0.2) is 101 Å². The molecule has 6 heteroatoms. The predicted molar refractivity (Wildman–Crippen MR) is 173 cm³/mol. The Kier molecular flexibility index (Phi) is 7.81. The van der Waals surface area contributed by atoms with E-state index in [0.717, 1.165) is 11.4 Å². The van der Waals surface area contributed by atoms with Gasteiger partial charge in [0.15, 0.2) is 11.6 Å². The first-order valence-electron chi connectivity index (χ1n) is 14.4. The standard InChI is InChI=1S/C36H32N2O3S/c1-3-4-5-11-22-42-25-18-16-24(17-19-25)37-28-20-21-29-32-30(26-14-9-10-15-27(26)35(40)31(28)32)33(36(41)38(29)2)34(39)23-12-7-6-8-13-23/h6-10,12-21,37H,3-5,11,22H2,1-2H3. The van der Waals surface area contributed by atoms with Gasteiger partial charge in [-0.25, -0.2) is 0 Å². The van der Waals surface area contributed by atoms with Crippen LogP contribution in [-0.2, 0) is 7.05 Å². The van der Waals surface area contributed by atoms with Crippen molar-refractivity contribution in [2.75, 3.05) is 11.1 Å². The van der Waals surface area contributed by atoms with Crippen LogP contribution < -0.4 is 10.9 Å². The first-order chi connectivity index (χ1) is 20.5. The maximum Gasteiger partial charge on any atom is 0.262 e. The summed E-state index contributed by atoms with van der Waals surface area (Å²) in [5.41, 5.74) is 4.30. The molecule has 42 heavy (non-hydrogen) atoms. The summed E-state index contributed by atoms with van der Waals surface area (Å²) in [4.78, 5) is 43.0. The van der Waals surface area contributed by atoms with Crippen molar-refractivity contribution < 1.29 is 9.59 Å². The Balaban J connectivity index is 1.47. The lowest BCUT2D eigenvalue weighted by Crippen LogP contribution is -2.29. The maximum absolute atomic E-state index is 14.1. The molecule has 0 amide bonds. The number of carbonyl (C=O) groups excluding carboxylic acids is 2. The maximum atomic E-state index is 14.1. The molecule has 1 N–H and O–H groups in total. The number of aryl methyl sites for hydroxylation is 1. The summed E-state index contributed by atoms with van der Waals surface area (Å²) in [6, 6.07) is 28.0. The third-order valence-electron chi connectivity index (χ3n) is 7.89. The molecule has 0 fully saturated rings. The molecular formula is C36H32N2O3S. The molecule has 4 aromatic carbocycles. The summed E-state index contributed by atoms with van der Waals surface area (Å²) in [7, 11) is 1.66. The highest BCUT2D eigenvalue weighted by molar-refractivity contribution is 7.99.